The Bertz CT molecular complexity index is 2560. The van der Waals surface area contributed by atoms with Crippen molar-refractivity contribution in [3.63, 3.8) is 0 Å². The van der Waals surface area contributed by atoms with E-state index in [4.69, 9.17) is 4.74 Å². The monoisotopic (exact) mass is 1190 g/mol. The van der Waals surface area contributed by atoms with Crippen molar-refractivity contribution in [2.24, 2.45) is 11.8 Å². The minimum Gasteiger partial charge on any atom is -0.391 e. The van der Waals surface area contributed by atoms with Crippen LogP contribution in [0.4, 0.5) is 0 Å². The van der Waals surface area contributed by atoms with Gasteiger partial charge >= 0.3 is 0 Å². The number of rotatable bonds is 12. The first-order chi connectivity index (χ1) is 39.4. The maximum atomic E-state index is 14.9. The first-order valence-electron chi connectivity index (χ1n) is 29.2. The van der Waals surface area contributed by atoms with Gasteiger partial charge in [-0.25, -0.2) is 0 Å². The fourth-order valence-corrected chi connectivity index (χ4v) is 10.9. The van der Waals surface area contributed by atoms with Crippen molar-refractivity contribution in [2.75, 3.05) is 73.0 Å². The second kappa shape index (κ2) is 32.6. The minimum absolute atomic E-state index is 0.0240. The summed E-state index contributed by atoms with van der Waals surface area (Å²) in [5.74, 6) is -7.33. The number of ether oxygens (including phenoxy) is 1. The highest BCUT2D eigenvalue weighted by Gasteiger charge is 2.41. The van der Waals surface area contributed by atoms with E-state index in [0.29, 0.717) is 18.7 Å². The quantitative estimate of drug-likeness (QED) is 0.205. The zero-order valence-electron chi connectivity index (χ0n) is 51.8. The van der Waals surface area contributed by atoms with Crippen LogP contribution in [0.15, 0.2) is 60.7 Å². The summed E-state index contributed by atoms with van der Waals surface area (Å²) in [4.78, 5) is 153. The summed E-state index contributed by atoms with van der Waals surface area (Å²) in [6, 6.07) is 7.66. The van der Waals surface area contributed by atoms with Gasteiger partial charge in [-0.15, -0.1) is 11.8 Å². The van der Waals surface area contributed by atoms with Crippen molar-refractivity contribution in [1.82, 2.24) is 50.7 Å². The van der Waals surface area contributed by atoms with Crippen molar-refractivity contribution < 1.29 is 57.8 Å². The Labute approximate surface area is 501 Å². The number of thioether (sulfide) groups is 1. The fourth-order valence-electron chi connectivity index (χ4n) is 9.89. The summed E-state index contributed by atoms with van der Waals surface area (Å²) in [7, 11) is 7.02. The lowest BCUT2D eigenvalue weighted by Crippen LogP contribution is -2.61. The van der Waals surface area contributed by atoms with Gasteiger partial charge in [-0.1, -0.05) is 88.4 Å². The molecule has 9 atom stereocenters. The number of carbonyl (C=O) groups is 10. The summed E-state index contributed by atoms with van der Waals surface area (Å²) in [5.41, 5.74) is 0.601. The average molecular weight is 1190 g/mol. The number of hydrogen-bond acceptors (Lipinski definition) is 13. The zero-order valence-corrected chi connectivity index (χ0v) is 52.7. The normalized spacial score (nSPS) is 25.1. The molecule has 2 fully saturated rings. The number of likely N-dealkylation sites (tertiary alicyclic amines) is 1. The lowest BCUT2D eigenvalue weighted by Gasteiger charge is -2.36. The molecule has 22 nitrogen and oxygen atoms in total. The molecule has 466 valence electrons. The van der Waals surface area contributed by atoms with Crippen LogP contribution in [-0.4, -0.2) is 227 Å². The second-order valence-electron chi connectivity index (χ2n) is 24.2. The first-order valence-corrected chi connectivity index (χ1v) is 30.3. The maximum absolute atomic E-state index is 14.9. The highest BCUT2D eigenvalue weighted by molar-refractivity contribution is 8.00. The van der Waals surface area contributed by atoms with E-state index in [0.717, 1.165) is 41.5 Å². The topological polar surface area (TPSA) is 268 Å². The predicted octanol–water partition coefficient (Wildman–Crippen LogP) is 2.24. The fraction of sp³-hybridized carbons (Fsp3) is 0.639. The molecule has 0 aliphatic carbocycles. The number of likely N-dealkylation sites (N-methyl/N-ethyl adjacent to an activating group) is 5. The predicted molar refractivity (Wildman–Crippen MR) is 322 cm³/mol. The van der Waals surface area contributed by atoms with Gasteiger partial charge in [0.25, 0.3) is 0 Å². The van der Waals surface area contributed by atoms with E-state index in [2.05, 4.69) is 21.3 Å². The number of amides is 10. The Balaban J connectivity index is 1.85. The third-order valence-corrected chi connectivity index (χ3v) is 16.2. The van der Waals surface area contributed by atoms with Crippen molar-refractivity contribution in [1.29, 1.82) is 0 Å². The van der Waals surface area contributed by atoms with Gasteiger partial charge in [-0.3, -0.25) is 47.9 Å². The summed E-state index contributed by atoms with van der Waals surface area (Å²) in [5, 5.41) is 22.2. The van der Waals surface area contributed by atoms with Gasteiger partial charge in [0, 0.05) is 66.9 Å². The Morgan fingerprint density at radius 3 is 1.65 bits per heavy atom. The van der Waals surface area contributed by atoms with Crippen LogP contribution >= 0.6 is 11.8 Å². The third-order valence-electron chi connectivity index (χ3n) is 15.2. The van der Waals surface area contributed by atoms with Gasteiger partial charge in [0.15, 0.2) is 0 Å². The molecule has 84 heavy (non-hydrogen) atoms. The Hall–Kier alpha value is -6.59. The Morgan fingerprint density at radius 1 is 0.607 bits per heavy atom. The van der Waals surface area contributed by atoms with Crippen LogP contribution in [0, 0.1) is 11.8 Å². The molecule has 4 rings (SSSR count). The number of piperidine rings is 1. The largest absolute Gasteiger partial charge is 0.391 e. The van der Waals surface area contributed by atoms with Gasteiger partial charge in [-0.2, -0.15) is 0 Å². The molecular weight excluding hydrogens is 1100 g/mol. The van der Waals surface area contributed by atoms with Gasteiger partial charge in [0.2, 0.25) is 59.1 Å². The number of carbonyl (C=O) groups excluding carboxylic acids is 10. The number of benzene rings is 2. The number of aliphatic hydroxyl groups excluding tert-OH is 1. The molecule has 0 bridgehead atoms. The van der Waals surface area contributed by atoms with Crippen molar-refractivity contribution in [3.8, 4) is 0 Å². The molecule has 0 aromatic heterocycles. The van der Waals surface area contributed by atoms with Gasteiger partial charge in [0.05, 0.1) is 30.6 Å². The molecule has 5 N–H and O–H groups in total. The van der Waals surface area contributed by atoms with Crippen LogP contribution in [0.3, 0.4) is 0 Å². The summed E-state index contributed by atoms with van der Waals surface area (Å²) < 4.78 is 6.07. The lowest BCUT2D eigenvalue weighted by molar-refractivity contribution is -0.148. The smallest absolute Gasteiger partial charge is 0.248 e. The van der Waals surface area contributed by atoms with Crippen LogP contribution < -0.4 is 21.3 Å². The molecule has 0 unspecified atom stereocenters. The van der Waals surface area contributed by atoms with Crippen LogP contribution in [-0.2, 0) is 65.5 Å². The molecule has 2 aromatic rings. The highest BCUT2D eigenvalue weighted by Crippen LogP contribution is 2.21. The third kappa shape index (κ3) is 20.9. The summed E-state index contributed by atoms with van der Waals surface area (Å²) in [6.45, 7) is 15.4. The van der Waals surface area contributed by atoms with Gasteiger partial charge < -0.3 is 60.5 Å². The molecule has 2 saturated heterocycles. The standard InChI is InChI=1S/C61H94N10O12S/c1-38(2)30-47-55(77)63-45(35-83-61(7,8)9)54(76)64-46(58(80)71-28-22-17-23-29-71)36-84-37-51(74)69(13)49(33-43-26-20-16-21-27-43)59(81)67(11)40(5)53(75)62-44(32-42-24-18-15-19-25-42)57(79)70(14)48(31-39(3)4)56(78)65-52(41(6)72)60(82)66(10)34-50(73)68(47)12/h15-16,18-21,24-27,38-41,44-49,52,72H,17,22-23,28-37H2,1-14H3,(H,62,75)(H,63,77)(H,64,76)(H,65,78)/t40-,41+,44-,45-,46-,47-,48-,49-,52-/m0/s1. The lowest BCUT2D eigenvalue weighted by atomic mass is 9.98. The van der Waals surface area contributed by atoms with E-state index in [1.54, 1.807) is 68.1 Å². The minimum atomic E-state index is -1.62. The summed E-state index contributed by atoms with van der Waals surface area (Å²) >= 11 is 1.07. The summed E-state index contributed by atoms with van der Waals surface area (Å²) in [6.07, 6.45) is 1.15. The van der Waals surface area contributed by atoms with E-state index in [1.807, 2.05) is 45.9 Å². The molecule has 2 aliphatic heterocycles. The Kier molecular flexibility index (Phi) is 27.1. The van der Waals surface area contributed by atoms with Crippen molar-refractivity contribution in [2.45, 2.75) is 167 Å². The molecule has 23 heteroatoms. The first kappa shape index (κ1) is 69.9. The Morgan fingerprint density at radius 2 is 1.12 bits per heavy atom. The van der Waals surface area contributed by atoms with Crippen LogP contribution in [0.5, 0.6) is 0 Å². The van der Waals surface area contributed by atoms with E-state index in [1.165, 1.54) is 68.7 Å². The molecular formula is C61H94N10O12S. The SMILES string of the molecule is CC(C)C[C@H]1C(=O)N[C@@H](COC(C)(C)C)C(=O)N[C@H](C(=O)N2CCCCC2)CSCC(=O)N(C)[C@@H](Cc2ccccc2)C(=O)N(C)[C@@H](C)C(=O)N[C@@H](Cc2ccccc2)C(=O)N(C)[C@@H](CC(C)C)C(=O)N[C@@H]([C@@H](C)O)C(=O)N(C)CC(=O)N1C. The van der Waals surface area contributed by atoms with Crippen molar-refractivity contribution in [3.05, 3.63) is 71.8 Å². The number of nitrogens with zero attached hydrogens (tertiary/aromatic N) is 6. The van der Waals surface area contributed by atoms with E-state index < -0.39 is 120 Å². The molecule has 0 spiro atoms. The van der Waals surface area contributed by atoms with Crippen LogP contribution in [0.2, 0.25) is 0 Å². The highest BCUT2D eigenvalue weighted by atomic mass is 32.2. The van der Waals surface area contributed by atoms with Crippen LogP contribution in [0.1, 0.15) is 106 Å². The maximum Gasteiger partial charge on any atom is 0.248 e. The van der Waals surface area contributed by atoms with E-state index in [-0.39, 0.29) is 61.5 Å². The van der Waals surface area contributed by atoms with Crippen molar-refractivity contribution >= 4 is 70.8 Å². The molecule has 2 heterocycles. The van der Waals surface area contributed by atoms with Gasteiger partial charge in [-0.05, 0) is 89.7 Å². The van der Waals surface area contributed by atoms with E-state index in [9.17, 15) is 53.1 Å². The second-order valence-corrected chi connectivity index (χ2v) is 25.2. The molecule has 0 radical (unpaired) electrons. The average Bonchev–Trinajstić information content (AvgIpc) is 3.11. The van der Waals surface area contributed by atoms with E-state index >= 15 is 0 Å². The van der Waals surface area contributed by atoms with Crippen LogP contribution in [0.25, 0.3) is 0 Å². The number of nitrogens with one attached hydrogen (secondary N) is 4. The number of hydrogen-bond donors (Lipinski definition) is 5. The zero-order chi connectivity index (χ0) is 62.7. The molecule has 2 aromatic carbocycles. The molecule has 2 aliphatic rings. The van der Waals surface area contributed by atoms with Gasteiger partial charge in [0.1, 0.15) is 48.3 Å². The molecule has 10 amide bonds. The molecule has 0 saturated carbocycles. The number of aliphatic hydroxyl groups is 1.